The van der Waals surface area contributed by atoms with Crippen molar-refractivity contribution in [1.82, 2.24) is 25.0 Å². The van der Waals surface area contributed by atoms with Crippen LogP contribution in [0.1, 0.15) is 5.69 Å². The monoisotopic (exact) mass is 160 g/mol. The van der Waals surface area contributed by atoms with Gasteiger partial charge in [0.1, 0.15) is 0 Å². The van der Waals surface area contributed by atoms with Crippen LogP contribution in [0, 0.1) is 11.3 Å². The molecule has 0 atom stereocenters. The average Bonchev–Trinajstić information content (AvgIpc) is 2.53. The Morgan fingerprint density at radius 1 is 1.50 bits per heavy atom. The van der Waals surface area contributed by atoms with Crippen LogP contribution < -0.4 is 0 Å². The van der Waals surface area contributed by atoms with Gasteiger partial charge in [0.15, 0.2) is 5.65 Å². The van der Waals surface area contributed by atoms with Crippen molar-refractivity contribution in [3.63, 3.8) is 0 Å². The normalized spacial score (nSPS) is 9.92. The van der Waals surface area contributed by atoms with Crippen molar-refractivity contribution >= 4 is 5.65 Å². The third-order valence-electron chi connectivity index (χ3n) is 1.44. The molecule has 0 saturated heterocycles. The van der Waals surface area contributed by atoms with E-state index in [0.29, 0.717) is 11.3 Å². The average molecular weight is 160 g/mol. The minimum Gasteiger partial charge on any atom is -0.259 e. The van der Waals surface area contributed by atoms with Crippen molar-refractivity contribution in [3.8, 4) is 6.07 Å². The Labute approximate surface area is 67.5 Å². The van der Waals surface area contributed by atoms with E-state index < -0.39 is 0 Å². The quantitative estimate of drug-likeness (QED) is 0.566. The molecule has 0 spiro atoms. The molecule has 0 aliphatic rings. The van der Waals surface area contributed by atoms with Crippen molar-refractivity contribution in [2.45, 2.75) is 6.42 Å². The fraction of sp³-hybridized carbons (Fsp3) is 0.167. The van der Waals surface area contributed by atoms with E-state index in [9.17, 15) is 0 Å². The summed E-state index contributed by atoms with van der Waals surface area (Å²) in [4.78, 5) is 3.89. The highest BCUT2D eigenvalue weighted by atomic mass is 15.5. The Bertz CT molecular complexity index is 438. The van der Waals surface area contributed by atoms with E-state index in [1.54, 1.807) is 12.4 Å². The van der Waals surface area contributed by atoms with Crippen LogP contribution in [0.15, 0.2) is 12.4 Å². The van der Waals surface area contributed by atoms with Gasteiger partial charge in [-0.2, -0.15) is 9.78 Å². The van der Waals surface area contributed by atoms with Crippen molar-refractivity contribution < 1.29 is 0 Å². The smallest absolute Gasteiger partial charge is 0.197 e. The molecule has 0 fully saturated rings. The summed E-state index contributed by atoms with van der Waals surface area (Å²) < 4.78 is 1.50. The molecule has 0 aliphatic carbocycles. The number of tetrazole rings is 1. The van der Waals surface area contributed by atoms with E-state index >= 15 is 0 Å². The molecule has 0 unspecified atom stereocenters. The third kappa shape index (κ3) is 0.880. The van der Waals surface area contributed by atoms with Crippen LogP contribution >= 0.6 is 0 Å². The SMILES string of the molecule is N#CCc1cncc2nnnn12. The molecule has 2 aromatic heterocycles. The zero-order chi connectivity index (χ0) is 8.39. The molecule has 2 aromatic rings. The molecule has 0 radical (unpaired) electrons. The molecule has 0 aliphatic heterocycles. The first kappa shape index (κ1) is 6.67. The van der Waals surface area contributed by atoms with E-state index in [1.165, 1.54) is 4.52 Å². The molecule has 2 heterocycles. The van der Waals surface area contributed by atoms with Gasteiger partial charge in [-0.15, -0.1) is 5.10 Å². The Morgan fingerprint density at radius 3 is 3.25 bits per heavy atom. The van der Waals surface area contributed by atoms with Crippen LogP contribution in [0.4, 0.5) is 0 Å². The van der Waals surface area contributed by atoms with Gasteiger partial charge in [-0.3, -0.25) is 4.98 Å². The molecule has 0 saturated carbocycles. The fourth-order valence-electron chi connectivity index (χ4n) is 0.925. The maximum atomic E-state index is 8.46. The summed E-state index contributed by atoms with van der Waals surface area (Å²) in [5.41, 5.74) is 1.25. The van der Waals surface area contributed by atoms with Gasteiger partial charge in [0, 0.05) is 6.20 Å². The largest absolute Gasteiger partial charge is 0.259 e. The number of aromatic nitrogens is 5. The number of nitrogens with zero attached hydrogens (tertiary/aromatic N) is 6. The van der Waals surface area contributed by atoms with Gasteiger partial charge in [0.2, 0.25) is 0 Å². The highest BCUT2D eigenvalue weighted by Gasteiger charge is 2.01. The first-order valence-corrected chi connectivity index (χ1v) is 3.30. The van der Waals surface area contributed by atoms with Crippen LogP contribution in [-0.4, -0.2) is 25.0 Å². The van der Waals surface area contributed by atoms with Gasteiger partial charge in [-0.1, -0.05) is 0 Å². The Hall–Kier alpha value is -2.03. The number of hydrogen-bond donors (Lipinski definition) is 0. The highest BCUT2D eigenvalue weighted by Crippen LogP contribution is 1.99. The van der Waals surface area contributed by atoms with Crippen molar-refractivity contribution in [3.05, 3.63) is 18.1 Å². The fourth-order valence-corrected chi connectivity index (χ4v) is 0.925. The lowest BCUT2D eigenvalue weighted by Crippen LogP contribution is -1.98. The van der Waals surface area contributed by atoms with Gasteiger partial charge in [-0.25, -0.2) is 0 Å². The first-order valence-electron chi connectivity index (χ1n) is 3.30. The maximum absolute atomic E-state index is 8.46. The predicted octanol–water partition coefficient (Wildman–Crippen LogP) is -0.415. The van der Waals surface area contributed by atoms with Gasteiger partial charge < -0.3 is 0 Å². The lowest BCUT2D eigenvalue weighted by molar-refractivity contribution is 0.789. The zero-order valence-corrected chi connectivity index (χ0v) is 6.05. The Balaban J connectivity index is 2.67. The molecule has 58 valence electrons. The van der Waals surface area contributed by atoms with Crippen LogP contribution in [-0.2, 0) is 6.42 Å². The molecular weight excluding hydrogens is 156 g/mol. The van der Waals surface area contributed by atoms with Gasteiger partial charge >= 0.3 is 0 Å². The summed E-state index contributed by atoms with van der Waals surface area (Å²) in [6.45, 7) is 0. The molecule has 0 bridgehead atoms. The molecular formula is C6H4N6. The van der Waals surface area contributed by atoms with E-state index in [-0.39, 0.29) is 6.42 Å². The standard InChI is InChI=1S/C6H4N6/c7-2-1-5-3-8-4-6-9-10-11-12(5)6/h3-4H,1H2. The Kier molecular flexibility index (Phi) is 1.41. The maximum Gasteiger partial charge on any atom is 0.197 e. The third-order valence-corrected chi connectivity index (χ3v) is 1.44. The van der Waals surface area contributed by atoms with Crippen molar-refractivity contribution in [1.29, 1.82) is 5.26 Å². The molecule has 6 heteroatoms. The summed E-state index contributed by atoms with van der Waals surface area (Å²) in [5.74, 6) is 0. The van der Waals surface area contributed by atoms with Gasteiger partial charge in [0.05, 0.1) is 24.4 Å². The number of fused-ring (bicyclic) bond motifs is 1. The minimum atomic E-state index is 0.259. The summed E-state index contributed by atoms with van der Waals surface area (Å²) in [6.07, 6.45) is 3.38. The number of hydrogen-bond acceptors (Lipinski definition) is 5. The molecule has 0 aromatic carbocycles. The van der Waals surface area contributed by atoms with E-state index in [1.807, 2.05) is 6.07 Å². The first-order chi connectivity index (χ1) is 5.92. The van der Waals surface area contributed by atoms with Crippen molar-refractivity contribution in [2.75, 3.05) is 0 Å². The second kappa shape index (κ2) is 2.54. The lowest BCUT2D eigenvalue weighted by Gasteiger charge is -1.94. The predicted molar refractivity (Wildman–Crippen MR) is 37.9 cm³/mol. The molecule has 6 nitrogen and oxygen atoms in total. The lowest BCUT2D eigenvalue weighted by atomic mass is 10.3. The van der Waals surface area contributed by atoms with E-state index in [0.717, 1.165) is 0 Å². The van der Waals surface area contributed by atoms with Crippen LogP contribution in [0.25, 0.3) is 5.65 Å². The van der Waals surface area contributed by atoms with Gasteiger partial charge in [-0.05, 0) is 10.4 Å². The molecule has 2 rings (SSSR count). The Morgan fingerprint density at radius 2 is 2.42 bits per heavy atom. The van der Waals surface area contributed by atoms with Crippen LogP contribution in [0.3, 0.4) is 0 Å². The number of nitriles is 1. The van der Waals surface area contributed by atoms with E-state index in [4.69, 9.17) is 5.26 Å². The molecule has 0 N–H and O–H groups in total. The van der Waals surface area contributed by atoms with Crippen LogP contribution in [0.2, 0.25) is 0 Å². The second-order valence-electron chi connectivity index (χ2n) is 2.18. The van der Waals surface area contributed by atoms with Crippen LogP contribution in [0.5, 0.6) is 0 Å². The topological polar surface area (TPSA) is 79.8 Å². The molecule has 0 amide bonds. The van der Waals surface area contributed by atoms with E-state index in [2.05, 4.69) is 20.5 Å². The number of rotatable bonds is 1. The summed E-state index contributed by atoms with van der Waals surface area (Å²) >= 11 is 0. The summed E-state index contributed by atoms with van der Waals surface area (Å²) in [5, 5.41) is 19.3. The second-order valence-corrected chi connectivity index (χ2v) is 2.18. The highest BCUT2D eigenvalue weighted by molar-refractivity contribution is 5.32. The molecule has 12 heavy (non-hydrogen) atoms. The van der Waals surface area contributed by atoms with Gasteiger partial charge in [0.25, 0.3) is 0 Å². The summed E-state index contributed by atoms with van der Waals surface area (Å²) in [6, 6.07) is 2.01. The van der Waals surface area contributed by atoms with Crippen molar-refractivity contribution in [2.24, 2.45) is 0 Å². The summed E-state index contributed by atoms with van der Waals surface area (Å²) in [7, 11) is 0. The zero-order valence-electron chi connectivity index (χ0n) is 6.05. The minimum absolute atomic E-state index is 0.259.